The van der Waals surface area contributed by atoms with E-state index in [0.717, 1.165) is 12.8 Å². The Morgan fingerprint density at radius 2 is 2.30 bits per heavy atom. The molecule has 2 N–H and O–H groups in total. The number of carbonyl (C=O) groups is 1. The number of nitrogens with zero attached hydrogens (tertiary/aromatic N) is 1. The van der Waals surface area contributed by atoms with E-state index >= 15 is 0 Å². The average Bonchev–Trinajstić information content (AvgIpc) is 3.19. The van der Waals surface area contributed by atoms with Crippen LogP contribution in [0.4, 0.5) is 5.69 Å². The van der Waals surface area contributed by atoms with Crippen molar-refractivity contribution in [3.63, 3.8) is 0 Å². The molecule has 0 spiro atoms. The molecule has 1 fully saturated rings. The number of nitro groups is 1. The van der Waals surface area contributed by atoms with Crippen LogP contribution in [-0.2, 0) is 4.79 Å². The summed E-state index contributed by atoms with van der Waals surface area (Å²) in [5, 5.41) is 22.6. The van der Waals surface area contributed by atoms with E-state index in [1.54, 1.807) is 0 Å². The number of hydrogen-bond acceptors (Lipinski definition) is 5. The molecule has 0 saturated heterocycles. The number of ether oxygens (including phenoxy) is 1. The van der Waals surface area contributed by atoms with Gasteiger partial charge >= 0.3 is 5.97 Å². The molecule has 1 unspecified atom stereocenters. The van der Waals surface area contributed by atoms with Gasteiger partial charge in [0.1, 0.15) is 18.4 Å². The van der Waals surface area contributed by atoms with Gasteiger partial charge in [-0.1, -0.05) is 11.6 Å². The fourth-order valence-corrected chi connectivity index (χ4v) is 1.85. The van der Waals surface area contributed by atoms with Crippen molar-refractivity contribution in [3.05, 3.63) is 33.3 Å². The summed E-state index contributed by atoms with van der Waals surface area (Å²) in [4.78, 5) is 21.0. The lowest BCUT2D eigenvalue weighted by Gasteiger charge is -2.15. The van der Waals surface area contributed by atoms with E-state index in [1.807, 2.05) is 0 Å². The molecule has 0 radical (unpaired) electrons. The Hall–Kier alpha value is -1.86. The molecule has 0 heterocycles. The van der Waals surface area contributed by atoms with Crippen molar-refractivity contribution in [3.8, 4) is 5.75 Å². The molecule has 1 aromatic carbocycles. The minimum atomic E-state index is -1.00. The summed E-state index contributed by atoms with van der Waals surface area (Å²) >= 11 is 5.86. The van der Waals surface area contributed by atoms with Gasteiger partial charge in [0, 0.05) is 18.2 Å². The molecule has 20 heavy (non-hydrogen) atoms. The molecule has 8 heteroatoms. The molecule has 0 aliphatic heterocycles. The minimum absolute atomic E-state index is 0.0785. The quantitative estimate of drug-likeness (QED) is 0.588. The smallest absolute Gasteiger partial charge is 0.324 e. The molecule has 2 rings (SSSR count). The van der Waals surface area contributed by atoms with Crippen molar-refractivity contribution in [2.24, 2.45) is 0 Å². The number of rotatable bonds is 7. The zero-order chi connectivity index (χ0) is 14.7. The van der Waals surface area contributed by atoms with Gasteiger partial charge in [0.2, 0.25) is 0 Å². The van der Waals surface area contributed by atoms with E-state index < -0.39 is 16.9 Å². The Morgan fingerprint density at radius 1 is 1.60 bits per heavy atom. The largest absolute Gasteiger partial charge is 0.490 e. The number of nitro benzene ring substituents is 1. The van der Waals surface area contributed by atoms with Crippen molar-refractivity contribution in [1.82, 2.24) is 5.32 Å². The van der Waals surface area contributed by atoms with Crippen LogP contribution in [-0.4, -0.2) is 34.7 Å². The molecule has 1 aliphatic rings. The third-order valence-electron chi connectivity index (χ3n) is 2.84. The van der Waals surface area contributed by atoms with E-state index in [1.165, 1.54) is 18.2 Å². The topological polar surface area (TPSA) is 102 Å². The van der Waals surface area contributed by atoms with Crippen molar-refractivity contribution < 1.29 is 19.6 Å². The molecule has 0 aromatic heterocycles. The Labute approximate surface area is 119 Å². The monoisotopic (exact) mass is 300 g/mol. The highest BCUT2D eigenvalue weighted by Crippen LogP contribution is 2.28. The number of non-ortho nitro benzene ring substituents is 1. The van der Waals surface area contributed by atoms with Gasteiger partial charge in [-0.15, -0.1) is 0 Å². The zero-order valence-corrected chi connectivity index (χ0v) is 11.2. The van der Waals surface area contributed by atoms with Gasteiger partial charge in [-0.2, -0.15) is 0 Å². The van der Waals surface area contributed by atoms with Gasteiger partial charge in [-0.05, 0) is 18.9 Å². The fourth-order valence-electron chi connectivity index (χ4n) is 1.62. The van der Waals surface area contributed by atoms with Crippen LogP contribution < -0.4 is 10.1 Å². The lowest BCUT2D eigenvalue weighted by molar-refractivity contribution is -0.384. The molecular weight excluding hydrogens is 288 g/mol. The highest BCUT2D eigenvalue weighted by atomic mass is 35.5. The number of carboxylic acid groups (broad SMARTS) is 1. The fraction of sp³-hybridized carbons (Fsp3) is 0.417. The van der Waals surface area contributed by atoms with Gasteiger partial charge in [0.05, 0.1) is 9.95 Å². The molecule has 1 atom stereocenters. The van der Waals surface area contributed by atoms with Gasteiger partial charge in [0.15, 0.2) is 0 Å². The number of halogens is 1. The molecule has 7 nitrogen and oxygen atoms in total. The molecule has 0 amide bonds. The normalized spacial score (nSPS) is 15.7. The van der Waals surface area contributed by atoms with Gasteiger partial charge in [-0.25, -0.2) is 0 Å². The molecular formula is C12H13ClN2O5. The van der Waals surface area contributed by atoms with Crippen molar-refractivity contribution >= 4 is 23.3 Å². The van der Waals surface area contributed by atoms with Crippen LogP contribution in [0.5, 0.6) is 5.75 Å². The summed E-state index contributed by atoms with van der Waals surface area (Å²) < 4.78 is 5.33. The van der Waals surface area contributed by atoms with E-state index in [-0.39, 0.29) is 29.1 Å². The van der Waals surface area contributed by atoms with Crippen LogP contribution in [0, 0.1) is 10.1 Å². The minimum Gasteiger partial charge on any atom is -0.490 e. The Bertz CT molecular complexity index is 533. The number of nitrogens with one attached hydrogen (secondary N) is 1. The molecule has 108 valence electrons. The van der Waals surface area contributed by atoms with Gasteiger partial charge < -0.3 is 9.84 Å². The third kappa shape index (κ3) is 3.82. The van der Waals surface area contributed by atoms with Crippen LogP contribution >= 0.6 is 11.6 Å². The first-order valence-electron chi connectivity index (χ1n) is 6.03. The van der Waals surface area contributed by atoms with E-state index in [0.29, 0.717) is 0 Å². The van der Waals surface area contributed by atoms with Gasteiger partial charge in [-0.3, -0.25) is 20.2 Å². The van der Waals surface area contributed by atoms with Crippen LogP contribution in [0.2, 0.25) is 5.02 Å². The SMILES string of the molecule is O=C(O)C(COc1ccc([N+](=O)[O-])cc1Cl)NC1CC1. The molecule has 0 bridgehead atoms. The van der Waals surface area contributed by atoms with Crippen molar-refractivity contribution in [2.45, 2.75) is 24.9 Å². The summed E-state index contributed by atoms with van der Waals surface area (Å²) in [6, 6.07) is 3.18. The molecule has 1 aromatic rings. The van der Waals surface area contributed by atoms with Gasteiger partial charge in [0.25, 0.3) is 5.69 Å². The number of benzene rings is 1. The predicted molar refractivity (Wildman–Crippen MR) is 71.2 cm³/mol. The third-order valence-corrected chi connectivity index (χ3v) is 3.14. The molecule has 1 aliphatic carbocycles. The van der Waals surface area contributed by atoms with Crippen molar-refractivity contribution in [1.29, 1.82) is 0 Å². The second kappa shape index (κ2) is 6.06. The highest BCUT2D eigenvalue weighted by molar-refractivity contribution is 6.32. The maximum Gasteiger partial charge on any atom is 0.324 e. The first-order valence-corrected chi connectivity index (χ1v) is 6.41. The second-order valence-electron chi connectivity index (χ2n) is 4.51. The summed E-state index contributed by atoms with van der Waals surface area (Å²) in [6.07, 6.45) is 1.92. The highest BCUT2D eigenvalue weighted by Gasteiger charge is 2.28. The summed E-state index contributed by atoms with van der Waals surface area (Å²) in [6.45, 7) is -0.0939. The standard InChI is InChI=1S/C12H13ClN2O5/c13-9-5-8(15(18)19)3-4-11(9)20-6-10(12(16)17)14-7-1-2-7/h3-5,7,10,14H,1-2,6H2,(H,16,17). The predicted octanol–water partition coefficient (Wildman–Crippen LogP) is 1.83. The number of hydrogen-bond donors (Lipinski definition) is 2. The first kappa shape index (κ1) is 14.5. The van der Waals surface area contributed by atoms with E-state index in [9.17, 15) is 14.9 Å². The van der Waals surface area contributed by atoms with Crippen LogP contribution in [0.3, 0.4) is 0 Å². The van der Waals surface area contributed by atoms with Crippen LogP contribution in [0.1, 0.15) is 12.8 Å². The summed E-state index contributed by atoms with van der Waals surface area (Å²) in [5.74, 6) is -0.781. The Morgan fingerprint density at radius 3 is 2.80 bits per heavy atom. The second-order valence-corrected chi connectivity index (χ2v) is 4.92. The van der Waals surface area contributed by atoms with E-state index in [4.69, 9.17) is 21.4 Å². The maximum absolute atomic E-state index is 11.0. The first-order chi connectivity index (χ1) is 9.47. The van der Waals surface area contributed by atoms with Crippen LogP contribution in [0.15, 0.2) is 18.2 Å². The average molecular weight is 301 g/mol. The number of aliphatic carboxylic acids is 1. The van der Waals surface area contributed by atoms with Crippen molar-refractivity contribution in [2.75, 3.05) is 6.61 Å². The molecule has 1 saturated carbocycles. The zero-order valence-electron chi connectivity index (χ0n) is 10.4. The number of carboxylic acids is 1. The van der Waals surface area contributed by atoms with Crippen LogP contribution in [0.25, 0.3) is 0 Å². The Balaban J connectivity index is 1.98. The maximum atomic E-state index is 11.0. The lowest BCUT2D eigenvalue weighted by atomic mass is 10.3. The summed E-state index contributed by atoms with van der Waals surface area (Å²) in [5.41, 5.74) is -0.145. The Kier molecular flexibility index (Phi) is 4.41. The van der Waals surface area contributed by atoms with E-state index in [2.05, 4.69) is 5.32 Å². The lowest BCUT2D eigenvalue weighted by Crippen LogP contribution is -2.42. The summed E-state index contributed by atoms with van der Waals surface area (Å²) in [7, 11) is 0.